The maximum atomic E-state index is 12.2. The maximum Gasteiger partial charge on any atom is 0.410 e. The van der Waals surface area contributed by atoms with E-state index in [1.54, 1.807) is 4.90 Å². The molecule has 4 rings (SSSR count). The number of benzene rings is 2. The molecule has 118 valence electrons. The lowest BCUT2D eigenvalue weighted by atomic mass is 9.89. The Balaban J connectivity index is 1.34. The second-order valence-electron chi connectivity index (χ2n) is 6.10. The molecule has 0 spiro atoms. The zero-order valence-corrected chi connectivity index (χ0v) is 12.9. The third-order valence-electron chi connectivity index (χ3n) is 4.68. The smallest absolute Gasteiger partial charge is 0.410 e. The predicted octanol–water partition coefficient (Wildman–Crippen LogP) is 3.32. The molecule has 0 bridgehead atoms. The Labute approximate surface area is 135 Å². The van der Waals surface area contributed by atoms with Crippen LogP contribution in [-0.4, -0.2) is 30.2 Å². The molecule has 2 aromatic rings. The standard InChI is InChI=1S/C19H19NO3/c21-18(22-14-15-7-3-1-4-8-15)20-12-11-19(17(13-20)23-19)16-9-5-2-6-10-16/h1-10,17H,11-14H2/t17-,19-/m1/s1. The molecule has 2 aliphatic rings. The number of rotatable bonds is 3. The quantitative estimate of drug-likeness (QED) is 0.817. The van der Waals surface area contributed by atoms with E-state index in [9.17, 15) is 4.79 Å². The first-order valence-corrected chi connectivity index (χ1v) is 7.97. The van der Waals surface area contributed by atoms with Gasteiger partial charge in [0.2, 0.25) is 0 Å². The molecule has 2 aromatic carbocycles. The molecular weight excluding hydrogens is 290 g/mol. The molecule has 4 nitrogen and oxygen atoms in total. The summed E-state index contributed by atoms with van der Waals surface area (Å²) in [5, 5.41) is 0. The van der Waals surface area contributed by atoms with E-state index in [1.807, 2.05) is 48.5 Å². The fourth-order valence-electron chi connectivity index (χ4n) is 3.31. The average molecular weight is 309 g/mol. The molecule has 2 fully saturated rings. The number of hydrogen-bond donors (Lipinski definition) is 0. The fraction of sp³-hybridized carbons (Fsp3) is 0.316. The molecule has 2 heterocycles. The van der Waals surface area contributed by atoms with Crippen LogP contribution in [-0.2, 0) is 21.7 Å². The van der Waals surface area contributed by atoms with E-state index >= 15 is 0 Å². The van der Waals surface area contributed by atoms with Gasteiger partial charge in [0.25, 0.3) is 0 Å². The molecule has 1 amide bonds. The second-order valence-corrected chi connectivity index (χ2v) is 6.10. The summed E-state index contributed by atoms with van der Waals surface area (Å²) >= 11 is 0. The van der Waals surface area contributed by atoms with Crippen LogP contribution in [0.5, 0.6) is 0 Å². The van der Waals surface area contributed by atoms with Crippen LogP contribution in [0.15, 0.2) is 60.7 Å². The monoisotopic (exact) mass is 309 g/mol. The van der Waals surface area contributed by atoms with Crippen molar-refractivity contribution in [1.82, 2.24) is 4.90 Å². The SMILES string of the molecule is O=C(OCc1ccccc1)N1CC[C@]2(c3ccccc3)O[C@@H]2C1. The van der Waals surface area contributed by atoms with Crippen LogP contribution >= 0.6 is 0 Å². The molecule has 0 aromatic heterocycles. The molecular formula is C19H19NO3. The van der Waals surface area contributed by atoms with Crippen molar-refractivity contribution in [2.45, 2.75) is 24.7 Å². The maximum absolute atomic E-state index is 12.2. The molecule has 23 heavy (non-hydrogen) atoms. The topological polar surface area (TPSA) is 42.1 Å². The van der Waals surface area contributed by atoms with Gasteiger partial charge in [-0.3, -0.25) is 0 Å². The van der Waals surface area contributed by atoms with Crippen LogP contribution in [0, 0.1) is 0 Å². The number of amides is 1. The molecule has 0 N–H and O–H groups in total. The van der Waals surface area contributed by atoms with Gasteiger partial charge in [-0.1, -0.05) is 60.7 Å². The molecule has 2 saturated heterocycles. The minimum Gasteiger partial charge on any atom is -0.445 e. The van der Waals surface area contributed by atoms with Crippen LogP contribution in [0.1, 0.15) is 17.5 Å². The van der Waals surface area contributed by atoms with Gasteiger partial charge in [-0.15, -0.1) is 0 Å². The number of carbonyl (C=O) groups excluding carboxylic acids is 1. The van der Waals surface area contributed by atoms with Gasteiger partial charge in [-0.2, -0.15) is 0 Å². The van der Waals surface area contributed by atoms with Gasteiger partial charge in [-0.25, -0.2) is 4.79 Å². The lowest BCUT2D eigenvalue weighted by Crippen LogP contribution is -2.42. The van der Waals surface area contributed by atoms with E-state index in [2.05, 4.69) is 12.1 Å². The minimum atomic E-state index is -0.258. The summed E-state index contributed by atoms with van der Waals surface area (Å²) in [6, 6.07) is 20.0. The zero-order chi connectivity index (χ0) is 15.7. The number of hydrogen-bond acceptors (Lipinski definition) is 3. The highest BCUT2D eigenvalue weighted by Crippen LogP contribution is 2.51. The highest BCUT2D eigenvalue weighted by atomic mass is 16.6. The summed E-state index contributed by atoms with van der Waals surface area (Å²) in [6.45, 7) is 1.58. The Morgan fingerprint density at radius 1 is 1.13 bits per heavy atom. The summed E-state index contributed by atoms with van der Waals surface area (Å²) in [6.07, 6.45) is 0.649. The number of epoxide rings is 1. The molecule has 2 atom stereocenters. The minimum absolute atomic E-state index is 0.0860. The van der Waals surface area contributed by atoms with Crippen LogP contribution < -0.4 is 0 Å². The first kappa shape index (κ1) is 14.3. The van der Waals surface area contributed by atoms with E-state index in [-0.39, 0.29) is 17.8 Å². The van der Waals surface area contributed by atoms with Crippen LogP contribution in [0.2, 0.25) is 0 Å². The van der Waals surface area contributed by atoms with Crippen molar-refractivity contribution in [1.29, 1.82) is 0 Å². The Morgan fingerprint density at radius 2 is 1.83 bits per heavy atom. The van der Waals surface area contributed by atoms with Crippen LogP contribution in [0.25, 0.3) is 0 Å². The van der Waals surface area contributed by atoms with Crippen molar-refractivity contribution in [2.75, 3.05) is 13.1 Å². The van der Waals surface area contributed by atoms with Gasteiger partial charge in [0.1, 0.15) is 18.3 Å². The van der Waals surface area contributed by atoms with Crippen molar-refractivity contribution in [2.24, 2.45) is 0 Å². The first-order chi connectivity index (χ1) is 11.3. The summed E-state index contributed by atoms with van der Waals surface area (Å²) in [7, 11) is 0. The molecule has 2 aliphatic heterocycles. The van der Waals surface area contributed by atoms with E-state index < -0.39 is 0 Å². The molecule has 0 aliphatic carbocycles. The average Bonchev–Trinajstić information content (AvgIpc) is 3.36. The number of piperidine rings is 1. The molecule has 0 unspecified atom stereocenters. The number of ether oxygens (including phenoxy) is 2. The first-order valence-electron chi connectivity index (χ1n) is 7.97. The molecule has 0 saturated carbocycles. The van der Waals surface area contributed by atoms with Crippen LogP contribution in [0.3, 0.4) is 0 Å². The molecule has 0 radical (unpaired) electrons. The second kappa shape index (κ2) is 5.70. The number of likely N-dealkylation sites (tertiary alicyclic amines) is 1. The fourth-order valence-corrected chi connectivity index (χ4v) is 3.31. The summed E-state index contributed by atoms with van der Waals surface area (Å²) in [5.74, 6) is 0. The van der Waals surface area contributed by atoms with Gasteiger partial charge < -0.3 is 14.4 Å². The van der Waals surface area contributed by atoms with Crippen molar-refractivity contribution >= 4 is 6.09 Å². The van der Waals surface area contributed by atoms with Crippen molar-refractivity contribution in [3.63, 3.8) is 0 Å². The summed E-state index contributed by atoms with van der Waals surface area (Å²) in [4.78, 5) is 14.0. The van der Waals surface area contributed by atoms with Crippen molar-refractivity contribution in [3.05, 3.63) is 71.8 Å². The number of carbonyl (C=O) groups is 1. The van der Waals surface area contributed by atoms with Gasteiger partial charge >= 0.3 is 6.09 Å². The van der Waals surface area contributed by atoms with E-state index in [1.165, 1.54) is 5.56 Å². The van der Waals surface area contributed by atoms with E-state index in [4.69, 9.17) is 9.47 Å². The molecule has 4 heteroatoms. The number of fused-ring (bicyclic) bond motifs is 1. The Morgan fingerprint density at radius 3 is 2.52 bits per heavy atom. The lowest BCUT2D eigenvalue weighted by Gasteiger charge is -2.28. The summed E-state index contributed by atoms with van der Waals surface area (Å²) in [5.41, 5.74) is 2.03. The van der Waals surface area contributed by atoms with Gasteiger partial charge in [0.05, 0.1) is 6.54 Å². The van der Waals surface area contributed by atoms with Gasteiger partial charge in [0.15, 0.2) is 0 Å². The highest BCUT2D eigenvalue weighted by Gasteiger charge is 2.60. The van der Waals surface area contributed by atoms with Crippen molar-refractivity contribution < 1.29 is 14.3 Å². The van der Waals surface area contributed by atoms with Gasteiger partial charge in [0, 0.05) is 13.0 Å². The summed E-state index contributed by atoms with van der Waals surface area (Å²) < 4.78 is 11.3. The third-order valence-corrected chi connectivity index (χ3v) is 4.68. The van der Waals surface area contributed by atoms with Crippen molar-refractivity contribution in [3.8, 4) is 0 Å². The highest BCUT2D eigenvalue weighted by molar-refractivity contribution is 5.68. The normalized spacial score (nSPS) is 25.6. The Kier molecular flexibility index (Phi) is 3.54. The zero-order valence-electron chi connectivity index (χ0n) is 12.9. The van der Waals surface area contributed by atoms with E-state index in [0.717, 1.165) is 12.0 Å². The Hall–Kier alpha value is -2.33. The van der Waals surface area contributed by atoms with Gasteiger partial charge in [-0.05, 0) is 11.1 Å². The van der Waals surface area contributed by atoms with E-state index in [0.29, 0.717) is 19.7 Å². The largest absolute Gasteiger partial charge is 0.445 e. The Bertz CT molecular complexity index is 688. The predicted molar refractivity (Wildman–Crippen MR) is 85.8 cm³/mol. The third kappa shape index (κ3) is 2.70. The van der Waals surface area contributed by atoms with Crippen LogP contribution in [0.4, 0.5) is 4.79 Å². The number of nitrogens with zero attached hydrogens (tertiary/aromatic N) is 1. The lowest BCUT2D eigenvalue weighted by molar-refractivity contribution is 0.0896.